The number of carbonyl (C=O) groups excluding carboxylic acids is 2. The van der Waals surface area contributed by atoms with Crippen molar-refractivity contribution in [1.29, 1.82) is 0 Å². The van der Waals surface area contributed by atoms with Crippen molar-refractivity contribution >= 4 is 71.5 Å². The predicted molar refractivity (Wildman–Crippen MR) is 79.6 cm³/mol. The van der Waals surface area contributed by atoms with Gasteiger partial charge in [0.25, 0.3) is 0 Å². The normalized spacial score (nSPS) is 9.88. The van der Waals surface area contributed by atoms with Crippen molar-refractivity contribution in [2.24, 2.45) is 0 Å². The summed E-state index contributed by atoms with van der Waals surface area (Å²) in [6.45, 7) is 4.29. The summed E-state index contributed by atoms with van der Waals surface area (Å²) in [7, 11) is 7.46. The lowest BCUT2D eigenvalue weighted by atomic mass is 10.9. The fraction of sp³-hybridized carbons (Fsp3) is 0.667. The first kappa shape index (κ1) is 17.0. The Labute approximate surface area is 117 Å². The van der Waals surface area contributed by atoms with Gasteiger partial charge < -0.3 is 9.47 Å². The number of rotatable bonds is 7. The molecule has 0 aliphatic heterocycles. The van der Waals surface area contributed by atoms with Crippen LogP contribution in [0.2, 0.25) is 0 Å². The Morgan fingerprint density at radius 3 is 1.50 bits per heavy atom. The van der Waals surface area contributed by atoms with Crippen molar-refractivity contribution < 1.29 is 19.1 Å². The summed E-state index contributed by atoms with van der Waals surface area (Å²) in [6, 6.07) is 0. The summed E-state index contributed by atoms with van der Waals surface area (Å²) in [4.78, 5) is 21.8. The molecule has 0 saturated carbocycles. The molecule has 0 amide bonds. The Morgan fingerprint density at radius 1 is 0.812 bits per heavy atom. The molecule has 0 aliphatic rings. The summed E-state index contributed by atoms with van der Waals surface area (Å²) in [5.41, 5.74) is 0. The van der Waals surface area contributed by atoms with Crippen LogP contribution < -0.4 is 0 Å². The smallest absolute Gasteiger partial charge is 0.378 e. The minimum atomic E-state index is -0.302. The maximum absolute atomic E-state index is 10.9. The maximum Gasteiger partial charge on any atom is 0.378 e. The minimum Gasteiger partial charge on any atom is -0.457 e. The molecule has 0 fully saturated rings. The van der Waals surface area contributed by atoms with Gasteiger partial charge in [-0.25, -0.2) is 9.59 Å². The third-order valence-electron chi connectivity index (χ3n) is 0.812. The van der Waals surface area contributed by atoms with Crippen molar-refractivity contribution in [2.45, 2.75) is 13.8 Å². The zero-order valence-corrected chi connectivity index (χ0v) is 13.4. The molecule has 0 heterocycles. The van der Waals surface area contributed by atoms with Crippen LogP contribution in [0.4, 0.5) is 9.59 Å². The van der Waals surface area contributed by atoms with E-state index in [0.29, 0.717) is 13.2 Å². The first-order valence-corrected chi connectivity index (χ1v) is 11.5. The molecule has 0 bridgehead atoms. The van der Waals surface area contributed by atoms with Gasteiger partial charge in [0.15, 0.2) is 0 Å². The molecule has 94 valence electrons. The van der Waals surface area contributed by atoms with Crippen molar-refractivity contribution in [2.75, 3.05) is 13.2 Å². The molecule has 0 atom stereocenters. The van der Waals surface area contributed by atoms with Gasteiger partial charge in [0.2, 0.25) is 0 Å². The molecular weight excluding hydrogens is 328 g/mol. The molecule has 0 aliphatic carbocycles. The molecule has 0 radical (unpaired) electrons. The van der Waals surface area contributed by atoms with Crippen LogP contribution in [0.5, 0.6) is 0 Å². The Kier molecular flexibility index (Phi) is 13.3. The number of ether oxygens (including phenoxy) is 2. The van der Waals surface area contributed by atoms with Gasteiger partial charge in [-0.3, -0.25) is 0 Å². The first-order chi connectivity index (χ1) is 7.70. The highest BCUT2D eigenvalue weighted by Crippen LogP contribution is 2.52. The highest BCUT2D eigenvalue weighted by Gasteiger charge is 2.06. The Bertz CT molecular complexity index is 191. The van der Waals surface area contributed by atoms with Gasteiger partial charge in [-0.1, -0.05) is 0 Å². The van der Waals surface area contributed by atoms with E-state index >= 15 is 0 Å². The second kappa shape index (κ2) is 12.5. The van der Waals surface area contributed by atoms with Crippen LogP contribution in [0, 0.1) is 0 Å². The molecule has 0 rings (SSSR count). The number of carbonyl (C=O) groups is 2. The quantitative estimate of drug-likeness (QED) is 0.348. The fourth-order valence-electron chi connectivity index (χ4n) is 0.390. The lowest BCUT2D eigenvalue weighted by Gasteiger charge is -1.99. The largest absolute Gasteiger partial charge is 0.457 e. The SMILES string of the molecule is CCOC(=O)SSSSSSC(=O)OCC. The van der Waals surface area contributed by atoms with E-state index in [0.717, 1.165) is 21.6 Å². The van der Waals surface area contributed by atoms with E-state index in [1.807, 2.05) is 0 Å². The van der Waals surface area contributed by atoms with E-state index < -0.39 is 0 Å². The van der Waals surface area contributed by atoms with Gasteiger partial charge in [0, 0.05) is 21.6 Å². The highest BCUT2D eigenvalue weighted by molar-refractivity contribution is 9.43. The van der Waals surface area contributed by atoms with E-state index in [1.54, 1.807) is 13.8 Å². The van der Waals surface area contributed by atoms with Crippen LogP contribution >= 0.6 is 60.9 Å². The van der Waals surface area contributed by atoms with Crippen LogP contribution in [0.3, 0.4) is 0 Å². The highest BCUT2D eigenvalue weighted by atomic mass is 33.9. The molecule has 4 nitrogen and oxygen atoms in total. The van der Waals surface area contributed by atoms with Crippen LogP contribution in [0.1, 0.15) is 13.8 Å². The topological polar surface area (TPSA) is 52.6 Å². The molecule has 0 aromatic heterocycles. The maximum atomic E-state index is 10.9. The van der Waals surface area contributed by atoms with Gasteiger partial charge in [-0.05, 0) is 53.2 Å². The Morgan fingerprint density at radius 2 is 1.19 bits per heavy atom. The molecule has 0 aromatic carbocycles. The molecule has 0 aromatic rings. The lowest BCUT2D eigenvalue weighted by Crippen LogP contribution is -1.92. The zero-order valence-electron chi connectivity index (χ0n) is 8.50. The summed E-state index contributed by atoms with van der Waals surface area (Å²) >= 11 is 0. The van der Waals surface area contributed by atoms with Crippen molar-refractivity contribution in [1.82, 2.24) is 0 Å². The molecular formula is C6H10O4S6. The summed E-state index contributed by atoms with van der Waals surface area (Å²) in [5, 5.41) is -0.604. The monoisotopic (exact) mass is 338 g/mol. The Balaban J connectivity index is 3.21. The van der Waals surface area contributed by atoms with Gasteiger partial charge in [-0.2, -0.15) is 0 Å². The van der Waals surface area contributed by atoms with Crippen LogP contribution in [0.15, 0.2) is 0 Å². The van der Waals surface area contributed by atoms with Crippen LogP contribution in [0.25, 0.3) is 0 Å². The minimum absolute atomic E-state index is 0.302. The molecule has 16 heavy (non-hydrogen) atoms. The van der Waals surface area contributed by atoms with Crippen LogP contribution in [-0.2, 0) is 9.47 Å². The molecule has 0 unspecified atom stereocenters. The van der Waals surface area contributed by atoms with Gasteiger partial charge in [0.05, 0.1) is 13.2 Å². The second-order valence-electron chi connectivity index (χ2n) is 1.80. The number of hydrogen-bond acceptors (Lipinski definition) is 10. The van der Waals surface area contributed by atoms with E-state index in [4.69, 9.17) is 9.47 Å². The second-order valence-corrected chi connectivity index (χ2v) is 10.9. The lowest BCUT2D eigenvalue weighted by molar-refractivity contribution is 0.181. The third kappa shape index (κ3) is 11.5. The first-order valence-electron chi connectivity index (χ1n) is 4.05. The average Bonchev–Trinajstić information content (AvgIpc) is 2.24. The van der Waals surface area contributed by atoms with Crippen molar-refractivity contribution in [3.8, 4) is 0 Å². The summed E-state index contributed by atoms with van der Waals surface area (Å²) in [5.74, 6) is 0. The van der Waals surface area contributed by atoms with Crippen molar-refractivity contribution in [3.05, 3.63) is 0 Å². The zero-order chi connectivity index (χ0) is 12.2. The standard InChI is InChI=1S/C6H10O4S6/c1-3-9-5(7)11-13-15-16-14-12-6(8)10-4-2/h3-4H2,1-2H3. The van der Waals surface area contributed by atoms with E-state index in [2.05, 4.69) is 0 Å². The summed E-state index contributed by atoms with van der Waals surface area (Å²) < 4.78 is 9.43. The van der Waals surface area contributed by atoms with Gasteiger partial charge in [-0.15, -0.1) is 0 Å². The van der Waals surface area contributed by atoms with E-state index in [9.17, 15) is 9.59 Å². The van der Waals surface area contributed by atoms with E-state index in [-0.39, 0.29) is 10.6 Å². The number of hydrogen-bond donors (Lipinski definition) is 0. The molecule has 0 spiro atoms. The Hall–Kier alpha value is 1.04. The van der Waals surface area contributed by atoms with Gasteiger partial charge >= 0.3 is 10.6 Å². The van der Waals surface area contributed by atoms with Crippen molar-refractivity contribution in [3.63, 3.8) is 0 Å². The molecule has 0 N–H and O–H groups in total. The predicted octanol–water partition coefficient (Wildman–Crippen LogP) is 5.27. The molecule has 0 saturated heterocycles. The summed E-state index contributed by atoms with van der Waals surface area (Å²) in [6.07, 6.45) is 0. The third-order valence-corrected chi connectivity index (χ3v) is 10.6. The molecule has 10 heteroatoms. The van der Waals surface area contributed by atoms with Gasteiger partial charge in [0.1, 0.15) is 0 Å². The van der Waals surface area contributed by atoms with E-state index in [1.165, 1.54) is 39.3 Å². The van der Waals surface area contributed by atoms with Crippen LogP contribution in [-0.4, -0.2) is 23.8 Å². The fourth-order valence-corrected chi connectivity index (χ4v) is 10.2. The average molecular weight is 339 g/mol.